The van der Waals surface area contributed by atoms with E-state index in [4.69, 9.17) is 11.5 Å². The predicted molar refractivity (Wildman–Crippen MR) is 67.1 cm³/mol. The van der Waals surface area contributed by atoms with Crippen LogP contribution in [0.2, 0.25) is 0 Å². The van der Waals surface area contributed by atoms with Crippen molar-refractivity contribution in [2.75, 3.05) is 6.54 Å². The van der Waals surface area contributed by atoms with Crippen molar-refractivity contribution >= 4 is 23.9 Å². The first-order valence-electron chi connectivity index (χ1n) is 6.44. The van der Waals surface area contributed by atoms with Gasteiger partial charge in [-0.25, -0.2) is 9.59 Å². The molecule has 3 amide bonds. The van der Waals surface area contributed by atoms with Crippen LogP contribution in [0.4, 0.5) is 4.79 Å². The smallest absolute Gasteiger partial charge is 0.372 e. The second-order valence-electron chi connectivity index (χ2n) is 4.47. The van der Waals surface area contributed by atoms with E-state index in [1.807, 2.05) is 0 Å². The number of esters is 1. The van der Waals surface area contributed by atoms with Gasteiger partial charge < -0.3 is 16.2 Å². The van der Waals surface area contributed by atoms with Gasteiger partial charge in [0, 0.05) is 12.8 Å². The van der Waals surface area contributed by atoms with Crippen molar-refractivity contribution in [3.05, 3.63) is 0 Å². The molecule has 0 aromatic rings. The number of ether oxygens (including phenoxy) is 1. The lowest BCUT2D eigenvalue weighted by atomic mass is 10.1. The van der Waals surface area contributed by atoms with Crippen LogP contribution >= 0.6 is 0 Å². The van der Waals surface area contributed by atoms with Gasteiger partial charge in [-0.2, -0.15) is 5.01 Å². The predicted octanol–water partition coefficient (Wildman–Crippen LogP) is -1.14. The van der Waals surface area contributed by atoms with Crippen molar-refractivity contribution < 1.29 is 29.1 Å². The minimum atomic E-state index is -1.56. The second kappa shape index (κ2) is 7.67. The Morgan fingerprint density at radius 2 is 1.86 bits per heavy atom. The molecule has 1 heterocycles. The van der Waals surface area contributed by atoms with Crippen molar-refractivity contribution in [2.24, 2.45) is 11.5 Å². The van der Waals surface area contributed by atoms with E-state index in [2.05, 4.69) is 4.74 Å². The number of hydrogen-bond donors (Lipinski definition) is 3. The number of nitrogens with two attached hydrogens (primary N) is 2. The quantitative estimate of drug-likeness (QED) is 0.139. The number of nitrogens with zero attached hydrogens (tertiary/aromatic N) is 2. The molecule has 5 N–H and O–H groups in total. The van der Waals surface area contributed by atoms with Crippen LogP contribution in [0.1, 0.15) is 32.1 Å². The van der Waals surface area contributed by atoms with Crippen molar-refractivity contribution in [2.45, 2.75) is 38.1 Å². The Balaban J connectivity index is 2.50. The van der Waals surface area contributed by atoms with Crippen LogP contribution in [0.3, 0.4) is 0 Å². The SMILES string of the molecule is NCCCC[C@H](N)C(=O)OC(=O)N(O)N1C(=O)CCC1=O. The first-order chi connectivity index (χ1) is 9.88. The largest absolute Gasteiger partial charge is 0.462 e. The number of hydroxylamine groups is 1. The minimum absolute atomic E-state index is 0.129. The Morgan fingerprint density at radius 1 is 1.29 bits per heavy atom. The van der Waals surface area contributed by atoms with Gasteiger partial charge in [0.1, 0.15) is 6.04 Å². The number of unbranched alkanes of at least 4 members (excludes halogenated alkanes) is 1. The summed E-state index contributed by atoms with van der Waals surface area (Å²) in [7, 11) is 0. The molecule has 0 aromatic carbocycles. The van der Waals surface area contributed by atoms with E-state index in [0.717, 1.165) is 0 Å². The highest BCUT2D eigenvalue weighted by Crippen LogP contribution is 2.14. The molecule has 0 spiro atoms. The van der Waals surface area contributed by atoms with Crippen LogP contribution < -0.4 is 11.5 Å². The number of carbonyl (C=O) groups is 4. The summed E-state index contributed by atoms with van der Waals surface area (Å²) in [5.74, 6) is -2.59. The van der Waals surface area contributed by atoms with Crippen molar-refractivity contribution in [3.63, 3.8) is 0 Å². The monoisotopic (exact) mass is 302 g/mol. The number of amides is 3. The zero-order valence-corrected chi connectivity index (χ0v) is 11.4. The van der Waals surface area contributed by atoms with Crippen LogP contribution in [0, 0.1) is 0 Å². The molecule has 0 bridgehead atoms. The fraction of sp³-hybridized carbons (Fsp3) is 0.636. The summed E-state index contributed by atoms with van der Waals surface area (Å²) in [5, 5.41) is 9.34. The van der Waals surface area contributed by atoms with E-state index >= 15 is 0 Å². The van der Waals surface area contributed by atoms with E-state index in [-0.39, 0.29) is 29.4 Å². The molecule has 1 aliphatic heterocycles. The van der Waals surface area contributed by atoms with E-state index in [0.29, 0.717) is 19.4 Å². The summed E-state index contributed by atoms with van der Waals surface area (Å²) in [5.41, 5.74) is 10.8. The first-order valence-corrected chi connectivity index (χ1v) is 6.44. The molecule has 21 heavy (non-hydrogen) atoms. The lowest BCUT2D eigenvalue weighted by Gasteiger charge is -2.22. The third-order valence-corrected chi connectivity index (χ3v) is 2.84. The van der Waals surface area contributed by atoms with Gasteiger partial charge in [-0.15, -0.1) is 0 Å². The van der Waals surface area contributed by atoms with Crippen molar-refractivity contribution in [1.82, 2.24) is 10.2 Å². The normalized spacial score (nSPS) is 16.0. The second-order valence-corrected chi connectivity index (χ2v) is 4.47. The molecular formula is C11H18N4O6. The summed E-state index contributed by atoms with van der Waals surface area (Å²) in [6.45, 7) is 0.449. The van der Waals surface area contributed by atoms with E-state index < -0.39 is 29.9 Å². The van der Waals surface area contributed by atoms with E-state index in [1.165, 1.54) is 0 Å². The Hall–Kier alpha value is -2.04. The molecule has 118 valence electrons. The first kappa shape index (κ1) is 17.0. The molecule has 0 aliphatic carbocycles. The number of hydrazine groups is 1. The Morgan fingerprint density at radius 3 is 2.38 bits per heavy atom. The molecular weight excluding hydrogens is 284 g/mol. The molecule has 1 fully saturated rings. The van der Waals surface area contributed by atoms with E-state index in [9.17, 15) is 24.4 Å². The zero-order chi connectivity index (χ0) is 16.0. The molecule has 1 rings (SSSR count). The van der Waals surface area contributed by atoms with Gasteiger partial charge >= 0.3 is 12.1 Å². The van der Waals surface area contributed by atoms with Gasteiger partial charge in [-0.1, -0.05) is 11.6 Å². The summed E-state index contributed by atoms with van der Waals surface area (Å²) in [6, 6.07) is -1.06. The molecule has 0 aromatic heterocycles. The van der Waals surface area contributed by atoms with Gasteiger partial charge in [-0.3, -0.25) is 14.8 Å². The Kier molecular flexibility index (Phi) is 6.21. The van der Waals surface area contributed by atoms with Gasteiger partial charge in [0.05, 0.1) is 0 Å². The highest BCUT2D eigenvalue weighted by molar-refractivity contribution is 6.03. The maximum atomic E-state index is 11.5. The summed E-state index contributed by atoms with van der Waals surface area (Å²) < 4.78 is 4.31. The lowest BCUT2D eigenvalue weighted by molar-refractivity contribution is -0.212. The van der Waals surface area contributed by atoms with E-state index in [1.54, 1.807) is 0 Å². The molecule has 1 atom stereocenters. The Labute approximate surface area is 120 Å². The molecule has 0 unspecified atom stereocenters. The molecule has 0 radical (unpaired) electrons. The lowest BCUT2D eigenvalue weighted by Crippen LogP contribution is -2.49. The standard InChI is InChI=1S/C11H18N4O6/c12-6-2-1-3-7(13)10(18)21-11(19)15(20)14-8(16)4-5-9(14)17/h7,20H,1-6,12-13H2/t7-/m0/s1. The fourth-order valence-electron chi connectivity index (χ4n) is 1.69. The summed E-state index contributed by atoms with van der Waals surface area (Å²) in [4.78, 5) is 45.6. The van der Waals surface area contributed by atoms with Gasteiger partial charge in [0.2, 0.25) is 0 Å². The highest BCUT2D eigenvalue weighted by atomic mass is 16.7. The molecule has 10 heteroatoms. The minimum Gasteiger partial charge on any atom is -0.372 e. The average Bonchev–Trinajstić information content (AvgIpc) is 2.77. The average molecular weight is 302 g/mol. The maximum Gasteiger partial charge on any atom is 0.462 e. The highest BCUT2D eigenvalue weighted by Gasteiger charge is 2.38. The van der Waals surface area contributed by atoms with Crippen molar-refractivity contribution in [3.8, 4) is 0 Å². The van der Waals surface area contributed by atoms with Crippen molar-refractivity contribution in [1.29, 1.82) is 0 Å². The number of rotatable bonds is 6. The molecule has 10 nitrogen and oxygen atoms in total. The van der Waals surface area contributed by atoms with Crippen LogP contribution in [-0.4, -0.2) is 51.9 Å². The van der Waals surface area contributed by atoms with Crippen LogP contribution in [0.25, 0.3) is 0 Å². The summed E-state index contributed by atoms with van der Waals surface area (Å²) >= 11 is 0. The van der Waals surface area contributed by atoms with Gasteiger partial charge in [0.15, 0.2) is 0 Å². The zero-order valence-electron chi connectivity index (χ0n) is 11.4. The van der Waals surface area contributed by atoms with Gasteiger partial charge in [0.25, 0.3) is 11.8 Å². The number of imide groups is 1. The van der Waals surface area contributed by atoms with Crippen LogP contribution in [0.5, 0.6) is 0 Å². The third kappa shape index (κ3) is 4.48. The molecule has 0 saturated carbocycles. The fourth-order valence-corrected chi connectivity index (χ4v) is 1.69. The maximum absolute atomic E-state index is 11.5. The third-order valence-electron chi connectivity index (χ3n) is 2.84. The number of carbonyl (C=O) groups excluding carboxylic acids is 4. The van der Waals surface area contributed by atoms with Gasteiger partial charge in [-0.05, 0) is 19.4 Å². The molecule has 1 aliphatic rings. The summed E-state index contributed by atoms with van der Waals surface area (Å²) in [6.07, 6.45) is -0.315. The van der Waals surface area contributed by atoms with Crippen LogP contribution in [-0.2, 0) is 19.1 Å². The Bertz CT molecular complexity index is 424. The topological polar surface area (TPSA) is 156 Å². The molecule has 1 saturated heterocycles. The van der Waals surface area contributed by atoms with Crippen LogP contribution in [0.15, 0.2) is 0 Å². The number of hydrogen-bond acceptors (Lipinski definition) is 8.